The van der Waals surface area contributed by atoms with Crippen LogP contribution in [0.2, 0.25) is 0 Å². The van der Waals surface area contributed by atoms with Crippen molar-refractivity contribution in [3.05, 3.63) is 16.1 Å². The van der Waals surface area contributed by atoms with Crippen molar-refractivity contribution in [1.29, 1.82) is 0 Å². The Labute approximate surface area is 173 Å². The number of guanidine groups is 1. The average Bonchev–Trinajstić information content (AvgIpc) is 3.06. The fourth-order valence-electron chi connectivity index (χ4n) is 2.87. The van der Waals surface area contributed by atoms with Gasteiger partial charge in [0.2, 0.25) is 0 Å². The number of nitrogens with zero attached hydrogens (tertiary/aromatic N) is 3. The molecule has 1 fully saturated rings. The number of carbonyl (C=O) groups excluding carboxylic acids is 1. The summed E-state index contributed by atoms with van der Waals surface area (Å²) < 4.78 is 5.50. The number of aromatic nitrogens is 1. The number of rotatable bonds is 3. The smallest absolute Gasteiger partial charge is 0.410 e. The molecule has 0 spiro atoms. The first-order chi connectivity index (χ1) is 13.0. The Morgan fingerprint density at radius 1 is 1.36 bits per heavy atom. The fourth-order valence-corrected chi connectivity index (χ4v) is 3.83. The molecule has 1 aromatic heterocycles. The van der Waals surface area contributed by atoms with Crippen molar-refractivity contribution >= 4 is 23.4 Å². The highest BCUT2D eigenvalue weighted by atomic mass is 32.1. The normalized spacial score (nSPS) is 18.8. The Morgan fingerprint density at radius 3 is 2.64 bits per heavy atom. The van der Waals surface area contributed by atoms with E-state index in [1.165, 1.54) is 0 Å². The molecule has 0 saturated carbocycles. The third kappa shape index (κ3) is 6.96. The maximum Gasteiger partial charge on any atom is 0.410 e. The molecule has 8 heteroatoms. The van der Waals surface area contributed by atoms with Crippen molar-refractivity contribution in [2.45, 2.75) is 78.0 Å². The number of amides is 1. The van der Waals surface area contributed by atoms with E-state index in [9.17, 15) is 4.79 Å². The Balaban J connectivity index is 1.86. The molecule has 0 aliphatic carbocycles. The summed E-state index contributed by atoms with van der Waals surface area (Å²) >= 11 is 1.66. The van der Waals surface area contributed by atoms with Crippen LogP contribution in [-0.4, -0.2) is 53.7 Å². The highest BCUT2D eigenvalue weighted by Crippen LogP contribution is 2.23. The van der Waals surface area contributed by atoms with Gasteiger partial charge in [0.15, 0.2) is 5.96 Å². The monoisotopic (exact) mass is 409 g/mol. The largest absolute Gasteiger partial charge is 0.444 e. The number of thiazole rings is 1. The second-order valence-electron chi connectivity index (χ2n) is 9.21. The van der Waals surface area contributed by atoms with E-state index in [0.29, 0.717) is 13.1 Å². The minimum absolute atomic E-state index is 0.0574. The lowest BCUT2D eigenvalue weighted by Crippen LogP contribution is -2.53. The van der Waals surface area contributed by atoms with E-state index in [1.54, 1.807) is 23.3 Å². The molecule has 158 valence electrons. The van der Waals surface area contributed by atoms with E-state index in [-0.39, 0.29) is 17.6 Å². The van der Waals surface area contributed by atoms with Crippen molar-refractivity contribution in [2.75, 3.05) is 20.1 Å². The Bertz CT molecular complexity index is 688. The molecule has 1 aliphatic rings. The second-order valence-corrected chi connectivity index (χ2v) is 10.2. The van der Waals surface area contributed by atoms with Gasteiger partial charge in [-0.3, -0.25) is 4.99 Å². The van der Waals surface area contributed by atoms with Crippen LogP contribution >= 0.6 is 11.3 Å². The number of likely N-dealkylation sites (tertiary alicyclic amines) is 1. The van der Waals surface area contributed by atoms with Crippen LogP contribution in [0.25, 0.3) is 0 Å². The molecule has 0 bridgehead atoms. The topological polar surface area (TPSA) is 78.9 Å². The maximum atomic E-state index is 12.3. The zero-order chi connectivity index (χ0) is 20.9. The lowest BCUT2D eigenvalue weighted by Gasteiger charge is -2.35. The molecular weight excluding hydrogens is 374 g/mol. The number of carbonyl (C=O) groups is 1. The van der Waals surface area contributed by atoms with Crippen LogP contribution in [0.4, 0.5) is 4.79 Å². The van der Waals surface area contributed by atoms with Gasteiger partial charge in [0.05, 0.1) is 12.2 Å². The quantitative estimate of drug-likeness (QED) is 0.590. The summed E-state index contributed by atoms with van der Waals surface area (Å²) in [6, 6.07) is 0.147. The van der Waals surface area contributed by atoms with Crippen molar-refractivity contribution in [3.8, 4) is 0 Å². The van der Waals surface area contributed by atoms with Gasteiger partial charge in [-0.05, 0) is 33.6 Å². The summed E-state index contributed by atoms with van der Waals surface area (Å²) in [6.07, 6.45) is 1.68. The molecule has 0 radical (unpaired) electrons. The van der Waals surface area contributed by atoms with E-state index in [0.717, 1.165) is 36.0 Å². The second kappa shape index (κ2) is 9.11. The third-order valence-electron chi connectivity index (χ3n) is 4.36. The average molecular weight is 410 g/mol. The van der Waals surface area contributed by atoms with Crippen LogP contribution in [-0.2, 0) is 16.7 Å². The van der Waals surface area contributed by atoms with Crippen molar-refractivity contribution < 1.29 is 9.53 Å². The molecule has 1 unspecified atom stereocenters. The summed E-state index contributed by atoms with van der Waals surface area (Å²) in [4.78, 5) is 23.1. The van der Waals surface area contributed by atoms with E-state index in [2.05, 4.69) is 41.8 Å². The third-order valence-corrected chi connectivity index (χ3v) is 5.21. The molecule has 1 aromatic rings. The van der Waals surface area contributed by atoms with Crippen molar-refractivity contribution in [2.24, 2.45) is 4.99 Å². The summed E-state index contributed by atoms with van der Waals surface area (Å²) in [6.45, 7) is 14.1. The van der Waals surface area contributed by atoms with Crippen LogP contribution in [0, 0.1) is 0 Å². The predicted octanol–water partition coefficient (Wildman–Crippen LogP) is 3.51. The number of aliphatic imine (C=N–C) groups is 1. The predicted molar refractivity (Wildman–Crippen MR) is 115 cm³/mol. The van der Waals surface area contributed by atoms with Crippen LogP contribution in [0.3, 0.4) is 0 Å². The Morgan fingerprint density at radius 2 is 2.07 bits per heavy atom. The number of piperidine rings is 1. The van der Waals surface area contributed by atoms with Gasteiger partial charge in [0.1, 0.15) is 10.6 Å². The van der Waals surface area contributed by atoms with Gasteiger partial charge >= 0.3 is 6.09 Å². The highest BCUT2D eigenvalue weighted by Gasteiger charge is 2.28. The molecule has 1 saturated heterocycles. The Hall–Kier alpha value is -1.83. The lowest BCUT2D eigenvalue weighted by atomic mass is 9.93. The van der Waals surface area contributed by atoms with Gasteiger partial charge in [0.25, 0.3) is 0 Å². The Kier molecular flexibility index (Phi) is 7.31. The zero-order valence-corrected chi connectivity index (χ0v) is 19.1. The van der Waals surface area contributed by atoms with Crippen molar-refractivity contribution in [3.63, 3.8) is 0 Å². The molecule has 28 heavy (non-hydrogen) atoms. The number of nitrogens with one attached hydrogen (secondary N) is 2. The minimum Gasteiger partial charge on any atom is -0.444 e. The number of hydrogen-bond acceptors (Lipinski definition) is 5. The van der Waals surface area contributed by atoms with Crippen LogP contribution < -0.4 is 10.6 Å². The van der Waals surface area contributed by atoms with Crippen molar-refractivity contribution in [1.82, 2.24) is 20.5 Å². The molecule has 2 heterocycles. The first-order valence-corrected chi connectivity index (χ1v) is 10.8. The van der Waals surface area contributed by atoms with Gasteiger partial charge in [-0.25, -0.2) is 9.78 Å². The van der Waals surface area contributed by atoms with Gasteiger partial charge in [-0.15, -0.1) is 11.3 Å². The summed E-state index contributed by atoms with van der Waals surface area (Å²) in [5, 5.41) is 9.91. The lowest BCUT2D eigenvalue weighted by molar-refractivity contribution is 0.0193. The zero-order valence-electron chi connectivity index (χ0n) is 18.3. The van der Waals surface area contributed by atoms with E-state index >= 15 is 0 Å². The summed E-state index contributed by atoms with van der Waals surface area (Å²) in [5.41, 5.74) is 0.689. The summed E-state index contributed by atoms with van der Waals surface area (Å²) in [7, 11) is 1.76. The maximum absolute atomic E-state index is 12.3. The minimum atomic E-state index is -0.478. The van der Waals surface area contributed by atoms with Crippen LogP contribution in [0.1, 0.15) is 65.1 Å². The standard InChI is InChI=1S/C20H35N5O2S/c1-19(2,3)15-13-28-16(24-15)11-22-17(21-7)23-14-9-8-10-25(12-14)18(26)27-20(4,5)6/h13-14H,8-12H2,1-7H3,(H2,21,22,23). The van der Waals surface area contributed by atoms with Gasteiger partial charge in [-0.2, -0.15) is 0 Å². The number of hydrogen-bond donors (Lipinski definition) is 2. The molecule has 2 rings (SSSR count). The van der Waals surface area contributed by atoms with Crippen LogP contribution in [0.15, 0.2) is 10.4 Å². The molecule has 0 aromatic carbocycles. The van der Waals surface area contributed by atoms with Crippen LogP contribution in [0.5, 0.6) is 0 Å². The fraction of sp³-hybridized carbons (Fsp3) is 0.750. The SMILES string of the molecule is CN=C(NCc1nc(C(C)(C)C)cs1)NC1CCCN(C(=O)OC(C)(C)C)C1. The summed E-state index contributed by atoms with van der Waals surface area (Å²) in [5.74, 6) is 0.726. The molecule has 2 N–H and O–H groups in total. The molecule has 1 atom stereocenters. The molecule has 1 aliphatic heterocycles. The highest BCUT2D eigenvalue weighted by molar-refractivity contribution is 7.09. The molecular formula is C20H35N5O2S. The number of ether oxygens (including phenoxy) is 1. The molecule has 1 amide bonds. The molecule has 7 nitrogen and oxygen atoms in total. The van der Waals surface area contributed by atoms with E-state index < -0.39 is 5.60 Å². The van der Waals surface area contributed by atoms with E-state index in [1.807, 2.05) is 20.8 Å². The van der Waals surface area contributed by atoms with Gasteiger partial charge in [0, 0.05) is 37.0 Å². The van der Waals surface area contributed by atoms with Gasteiger partial charge in [-0.1, -0.05) is 20.8 Å². The van der Waals surface area contributed by atoms with Gasteiger partial charge < -0.3 is 20.3 Å². The van der Waals surface area contributed by atoms with E-state index in [4.69, 9.17) is 9.72 Å². The first-order valence-electron chi connectivity index (χ1n) is 9.88. The first kappa shape index (κ1) is 22.5.